The lowest BCUT2D eigenvalue weighted by Crippen LogP contribution is -2.39. The summed E-state index contributed by atoms with van der Waals surface area (Å²) >= 11 is 3.44. The van der Waals surface area contributed by atoms with Crippen LogP contribution < -0.4 is 5.32 Å². The molecule has 1 aliphatic rings. The van der Waals surface area contributed by atoms with Crippen LogP contribution in [0.2, 0.25) is 0 Å². The van der Waals surface area contributed by atoms with E-state index in [4.69, 9.17) is 4.74 Å². The van der Waals surface area contributed by atoms with Crippen molar-refractivity contribution >= 4 is 21.8 Å². The molecule has 1 saturated heterocycles. The maximum atomic E-state index is 12.0. The largest absolute Gasteiger partial charge is 0.381 e. The van der Waals surface area contributed by atoms with Gasteiger partial charge in [0.25, 0.3) is 0 Å². The zero-order valence-corrected chi connectivity index (χ0v) is 13.0. The Hall–Kier alpha value is -0.870. The Balaban J connectivity index is 1.93. The fourth-order valence-corrected chi connectivity index (χ4v) is 2.46. The highest BCUT2D eigenvalue weighted by Gasteiger charge is 2.26. The number of amides is 1. The van der Waals surface area contributed by atoms with Gasteiger partial charge in [-0.05, 0) is 24.1 Å². The number of benzene rings is 1. The average Bonchev–Trinajstić information content (AvgIpc) is 2.90. The molecule has 4 heteroatoms. The Morgan fingerprint density at radius 3 is 2.68 bits per heavy atom. The molecule has 3 nitrogen and oxygen atoms in total. The second-order valence-electron chi connectivity index (χ2n) is 5.67. The summed E-state index contributed by atoms with van der Waals surface area (Å²) in [5, 5.41) is 3.05. The molecule has 0 aromatic heterocycles. The Bertz CT molecular complexity index is 436. The summed E-state index contributed by atoms with van der Waals surface area (Å²) in [6.45, 7) is 6.19. The van der Waals surface area contributed by atoms with E-state index in [0.29, 0.717) is 19.8 Å². The molecule has 2 rings (SSSR count). The van der Waals surface area contributed by atoms with E-state index < -0.39 is 0 Å². The van der Waals surface area contributed by atoms with Gasteiger partial charge in [0.2, 0.25) is 5.91 Å². The predicted octanol–water partition coefficient (Wildman–Crippen LogP) is 2.88. The smallest absolute Gasteiger partial charge is 0.225 e. The number of hydrogen-bond donors (Lipinski definition) is 1. The number of carbonyl (C=O) groups is 1. The number of halogens is 1. The normalized spacial score (nSPS) is 19.4. The first kappa shape index (κ1) is 14.5. The Kier molecular flexibility index (Phi) is 4.63. The van der Waals surface area contributed by atoms with Crippen LogP contribution in [0.15, 0.2) is 28.7 Å². The molecule has 19 heavy (non-hydrogen) atoms. The van der Waals surface area contributed by atoms with Crippen molar-refractivity contribution in [3.8, 4) is 0 Å². The lowest BCUT2D eigenvalue weighted by atomic mass is 9.84. The van der Waals surface area contributed by atoms with Gasteiger partial charge in [0.15, 0.2) is 0 Å². The van der Waals surface area contributed by atoms with Crippen molar-refractivity contribution in [2.24, 2.45) is 5.92 Å². The van der Waals surface area contributed by atoms with Crippen molar-refractivity contribution < 1.29 is 9.53 Å². The van der Waals surface area contributed by atoms with Crippen LogP contribution in [-0.2, 0) is 14.9 Å². The Morgan fingerprint density at radius 2 is 2.11 bits per heavy atom. The van der Waals surface area contributed by atoms with Gasteiger partial charge in [-0.3, -0.25) is 4.79 Å². The van der Waals surface area contributed by atoms with Gasteiger partial charge in [-0.15, -0.1) is 0 Å². The van der Waals surface area contributed by atoms with Crippen LogP contribution >= 0.6 is 15.9 Å². The highest BCUT2D eigenvalue weighted by atomic mass is 79.9. The van der Waals surface area contributed by atoms with Crippen molar-refractivity contribution in [2.45, 2.75) is 25.7 Å². The number of hydrogen-bond acceptors (Lipinski definition) is 2. The lowest BCUT2D eigenvalue weighted by molar-refractivity contribution is -0.125. The summed E-state index contributed by atoms with van der Waals surface area (Å²) in [6.07, 6.45) is 0.838. The molecule has 0 radical (unpaired) electrons. The van der Waals surface area contributed by atoms with E-state index in [1.807, 2.05) is 12.1 Å². The number of carbonyl (C=O) groups excluding carboxylic acids is 1. The van der Waals surface area contributed by atoms with E-state index in [-0.39, 0.29) is 17.2 Å². The fourth-order valence-electron chi connectivity index (χ4n) is 2.20. The minimum atomic E-state index is -0.0736. The Labute approximate surface area is 122 Å². The van der Waals surface area contributed by atoms with E-state index in [1.165, 1.54) is 5.56 Å². The summed E-state index contributed by atoms with van der Waals surface area (Å²) in [6, 6.07) is 8.25. The monoisotopic (exact) mass is 325 g/mol. The SMILES string of the molecule is CC(C)(CNC(=O)[C@H]1CCOC1)c1ccc(Br)cc1. The maximum Gasteiger partial charge on any atom is 0.225 e. The number of rotatable bonds is 4. The molecule has 0 unspecified atom stereocenters. The highest BCUT2D eigenvalue weighted by molar-refractivity contribution is 9.10. The molecule has 0 aliphatic carbocycles. The lowest BCUT2D eigenvalue weighted by Gasteiger charge is -2.26. The van der Waals surface area contributed by atoms with Crippen molar-refractivity contribution in [3.05, 3.63) is 34.3 Å². The predicted molar refractivity (Wildman–Crippen MR) is 79.1 cm³/mol. The van der Waals surface area contributed by atoms with Crippen LogP contribution in [-0.4, -0.2) is 25.7 Å². The maximum absolute atomic E-state index is 12.0. The van der Waals surface area contributed by atoms with Gasteiger partial charge in [0.1, 0.15) is 0 Å². The fraction of sp³-hybridized carbons (Fsp3) is 0.533. The highest BCUT2D eigenvalue weighted by Crippen LogP contribution is 2.24. The van der Waals surface area contributed by atoms with Crippen molar-refractivity contribution in [3.63, 3.8) is 0 Å². The minimum Gasteiger partial charge on any atom is -0.381 e. The first-order chi connectivity index (χ1) is 8.99. The first-order valence-corrected chi connectivity index (χ1v) is 7.40. The molecule has 1 atom stereocenters. The minimum absolute atomic E-state index is 0.0284. The van der Waals surface area contributed by atoms with Gasteiger partial charge in [-0.25, -0.2) is 0 Å². The molecule has 1 aliphatic heterocycles. The second kappa shape index (κ2) is 6.06. The Morgan fingerprint density at radius 1 is 1.42 bits per heavy atom. The van der Waals surface area contributed by atoms with Crippen LogP contribution in [0.25, 0.3) is 0 Å². The van der Waals surface area contributed by atoms with Crippen LogP contribution in [0.5, 0.6) is 0 Å². The molecule has 1 fully saturated rings. The summed E-state index contributed by atoms with van der Waals surface area (Å²) in [4.78, 5) is 12.0. The molecule has 0 bridgehead atoms. The summed E-state index contributed by atoms with van der Waals surface area (Å²) in [5.41, 5.74) is 1.15. The van der Waals surface area contributed by atoms with Gasteiger partial charge < -0.3 is 10.1 Å². The van der Waals surface area contributed by atoms with Gasteiger partial charge >= 0.3 is 0 Å². The zero-order chi connectivity index (χ0) is 13.9. The number of nitrogens with one attached hydrogen (secondary N) is 1. The third kappa shape index (κ3) is 3.80. The van der Waals surface area contributed by atoms with Crippen LogP contribution in [0.1, 0.15) is 25.8 Å². The van der Waals surface area contributed by atoms with Gasteiger partial charge in [-0.1, -0.05) is 41.9 Å². The quantitative estimate of drug-likeness (QED) is 0.924. The van der Waals surface area contributed by atoms with E-state index in [1.54, 1.807) is 0 Å². The molecule has 1 N–H and O–H groups in total. The molecule has 1 aromatic rings. The third-order valence-corrected chi connectivity index (χ3v) is 4.16. The zero-order valence-electron chi connectivity index (χ0n) is 11.4. The molecule has 0 spiro atoms. The third-order valence-electron chi connectivity index (χ3n) is 3.63. The molecule has 1 aromatic carbocycles. The van der Waals surface area contributed by atoms with Gasteiger partial charge in [0, 0.05) is 23.0 Å². The summed E-state index contributed by atoms with van der Waals surface area (Å²) < 4.78 is 6.31. The standard InChI is InChI=1S/C15H20BrNO2/c1-15(2,12-3-5-13(16)6-4-12)10-17-14(18)11-7-8-19-9-11/h3-6,11H,7-10H2,1-2H3,(H,17,18)/t11-/m0/s1. The van der Waals surface area contributed by atoms with E-state index >= 15 is 0 Å². The summed E-state index contributed by atoms with van der Waals surface area (Å²) in [7, 11) is 0. The van der Waals surface area contributed by atoms with Crippen molar-refractivity contribution in [2.75, 3.05) is 19.8 Å². The molecule has 1 heterocycles. The van der Waals surface area contributed by atoms with Crippen molar-refractivity contribution in [1.29, 1.82) is 0 Å². The number of ether oxygens (including phenoxy) is 1. The molecular formula is C15H20BrNO2. The van der Waals surface area contributed by atoms with Crippen molar-refractivity contribution in [1.82, 2.24) is 5.32 Å². The van der Waals surface area contributed by atoms with Gasteiger partial charge in [-0.2, -0.15) is 0 Å². The molecule has 0 saturated carbocycles. The van der Waals surface area contributed by atoms with Crippen LogP contribution in [0, 0.1) is 5.92 Å². The van der Waals surface area contributed by atoms with E-state index in [2.05, 4.69) is 47.2 Å². The average molecular weight is 326 g/mol. The topological polar surface area (TPSA) is 38.3 Å². The van der Waals surface area contributed by atoms with Gasteiger partial charge in [0.05, 0.1) is 12.5 Å². The van der Waals surface area contributed by atoms with E-state index in [0.717, 1.165) is 10.9 Å². The summed E-state index contributed by atoms with van der Waals surface area (Å²) in [5.74, 6) is 0.142. The molecule has 104 valence electrons. The molecular weight excluding hydrogens is 306 g/mol. The van der Waals surface area contributed by atoms with Crippen LogP contribution in [0.3, 0.4) is 0 Å². The van der Waals surface area contributed by atoms with E-state index in [9.17, 15) is 4.79 Å². The first-order valence-electron chi connectivity index (χ1n) is 6.60. The second-order valence-corrected chi connectivity index (χ2v) is 6.58. The molecule has 1 amide bonds. The van der Waals surface area contributed by atoms with Crippen LogP contribution in [0.4, 0.5) is 0 Å².